The van der Waals surface area contributed by atoms with Crippen molar-refractivity contribution in [3.8, 4) is 5.75 Å². The van der Waals surface area contributed by atoms with Crippen molar-refractivity contribution in [2.75, 3.05) is 19.8 Å². The number of benzene rings is 1. The van der Waals surface area contributed by atoms with Gasteiger partial charge in [-0.25, -0.2) is 0 Å². The lowest BCUT2D eigenvalue weighted by Crippen LogP contribution is -2.11. The zero-order valence-corrected chi connectivity index (χ0v) is 11.5. The minimum Gasteiger partial charge on any atom is -0.491 e. The monoisotopic (exact) mass is 236 g/mol. The quantitative estimate of drug-likeness (QED) is 0.700. The number of hydrogen-bond donors (Lipinski definition) is 0. The van der Waals surface area contributed by atoms with E-state index in [1.165, 1.54) is 5.56 Å². The van der Waals surface area contributed by atoms with Crippen LogP contribution in [0, 0.1) is 0 Å². The van der Waals surface area contributed by atoms with Gasteiger partial charge in [-0.1, -0.05) is 39.8 Å². The fourth-order valence-corrected chi connectivity index (χ4v) is 1.52. The van der Waals surface area contributed by atoms with E-state index >= 15 is 0 Å². The first kappa shape index (κ1) is 14.0. The molecule has 0 heterocycles. The van der Waals surface area contributed by atoms with E-state index < -0.39 is 0 Å². The summed E-state index contributed by atoms with van der Waals surface area (Å²) >= 11 is 0. The van der Waals surface area contributed by atoms with Gasteiger partial charge in [-0.15, -0.1) is 0 Å². The molecule has 2 nitrogen and oxygen atoms in total. The van der Waals surface area contributed by atoms with Crippen LogP contribution in [0.5, 0.6) is 5.75 Å². The molecule has 0 bridgehead atoms. The second-order valence-corrected chi connectivity index (χ2v) is 5.24. The lowest BCUT2D eigenvalue weighted by atomic mass is 9.87. The molecule has 0 aliphatic heterocycles. The summed E-state index contributed by atoms with van der Waals surface area (Å²) in [7, 11) is 0. The lowest BCUT2D eigenvalue weighted by molar-refractivity contribution is 0.101. The molecule has 0 unspecified atom stereocenters. The lowest BCUT2D eigenvalue weighted by Gasteiger charge is -2.19. The Balaban J connectivity index is 2.36. The highest BCUT2D eigenvalue weighted by atomic mass is 16.5. The molecule has 0 N–H and O–H groups in total. The highest BCUT2D eigenvalue weighted by Crippen LogP contribution is 2.24. The summed E-state index contributed by atoms with van der Waals surface area (Å²) in [6.45, 7) is 10.8. The third-order valence-corrected chi connectivity index (χ3v) is 2.57. The summed E-state index contributed by atoms with van der Waals surface area (Å²) in [5.74, 6) is 0.915. The van der Waals surface area contributed by atoms with Gasteiger partial charge in [-0.05, 0) is 29.5 Å². The predicted molar refractivity (Wildman–Crippen MR) is 71.7 cm³/mol. The second-order valence-electron chi connectivity index (χ2n) is 5.24. The Labute approximate surface area is 105 Å². The molecule has 0 amide bonds. The van der Waals surface area contributed by atoms with Gasteiger partial charge in [-0.3, -0.25) is 0 Å². The molecule has 0 spiro atoms. The van der Waals surface area contributed by atoms with Gasteiger partial charge in [0.05, 0.1) is 6.61 Å². The van der Waals surface area contributed by atoms with Crippen LogP contribution in [0.25, 0.3) is 0 Å². The molecule has 0 aliphatic carbocycles. The van der Waals surface area contributed by atoms with Crippen molar-refractivity contribution in [2.45, 2.75) is 39.5 Å². The highest BCUT2D eigenvalue weighted by molar-refractivity contribution is 5.31. The standard InChI is InChI=1S/C15H24O2/c1-5-10-16-11-12-17-14-8-6-13(7-9-14)15(2,3)4/h6-9H,5,10-12H2,1-4H3. The Morgan fingerprint density at radius 2 is 1.59 bits per heavy atom. The van der Waals surface area contributed by atoms with Gasteiger partial charge in [0.25, 0.3) is 0 Å². The Kier molecular flexibility index (Phi) is 5.49. The van der Waals surface area contributed by atoms with Crippen LogP contribution >= 0.6 is 0 Å². The van der Waals surface area contributed by atoms with E-state index in [4.69, 9.17) is 9.47 Å². The molecule has 1 aromatic carbocycles. The minimum absolute atomic E-state index is 0.197. The Hall–Kier alpha value is -1.02. The molecule has 0 fully saturated rings. The second kappa shape index (κ2) is 6.65. The minimum atomic E-state index is 0.197. The third kappa shape index (κ3) is 5.22. The van der Waals surface area contributed by atoms with E-state index in [0.29, 0.717) is 13.2 Å². The van der Waals surface area contributed by atoms with Crippen molar-refractivity contribution in [3.63, 3.8) is 0 Å². The summed E-state index contributed by atoms with van der Waals surface area (Å²) in [6.07, 6.45) is 1.06. The van der Waals surface area contributed by atoms with E-state index in [1.807, 2.05) is 12.1 Å². The van der Waals surface area contributed by atoms with Crippen LogP contribution in [0.2, 0.25) is 0 Å². The summed E-state index contributed by atoms with van der Waals surface area (Å²) in [6, 6.07) is 8.31. The summed E-state index contributed by atoms with van der Waals surface area (Å²) in [5, 5.41) is 0. The molecule has 1 aromatic rings. The average molecular weight is 236 g/mol. The third-order valence-electron chi connectivity index (χ3n) is 2.57. The van der Waals surface area contributed by atoms with Crippen molar-refractivity contribution < 1.29 is 9.47 Å². The predicted octanol–water partition coefficient (Wildman–Crippen LogP) is 3.79. The molecule has 0 saturated carbocycles. The van der Waals surface area contributed by atoms with Gasteiger partial charge < -0.3 is 9.47 Å². The molecule has 0 saturated heterocycles. The first-order chi connectivity index (χ1) is 8.04. The Morgan fingerprint density at radius 1 is 0.941 bits per heavy atom. The van der Waals surface area contributed by atoms with E-state index in [-0.39, 0.29) is 5.41 Å². The van der Waals surface area contributed by atoms with Crippen molar-refractivity contribution in [1.82, 2.24) is 0 Å². The molecule has 0 aliphatic rings. The van der Waals surface area contributed by atoms with Gasteiger partial charge in [0.15, 0.2) is 0 Å². The molecule has 0 radical (unpaired) electrons. The van der Waals surface area contributed by atoms with Crippen molar-refractivity contribution in [2.24, 2.45) is 0 Å². The van der Waals surface area contributed by atoms with Gasteiger partial charge in [0, 0.05) is 6.61 Å². The molecule has 17 heavy (non-hydrogen) atoms. The smallest absolute Gasteiger partial charge is 0.119 e. The van der Waals surface area contributed by atoms with Gasteiger partial charge in [0.2, 0.25) is 0 Å². The number of rotatable bonds is 6. The van der Waals surface area contributed by atoms with Crippen LogP contribution in [-0.2, 0) is 10.2 Å². The topological polar surface area (TPSA) is 18.5 Å². The van der Waals surface area contributed by atoms with Crippen molar-refractivity contribution in [1.29, 1.82) is 0 Å². The van der Waals surface area contributed by atoms with Crippen molar-refractivity contribution in [3.05, 3.63) is 29.8 Å². The van der Waals surface area contributed by atoms with E-state index in [1.54, 1.807) is 0 Å². The normalized spacial score (nSPS) is 11.5. The summed E-state index contributed by atoms with van der Waals surface area (Å²) in [5.41, 5.74) is 1.52. The largest absolute Gasteiger partial charge is 0.491 e. The van der Waals surface area contributed by atoms with Crippen LogP contribution in [0.1, 0.15) is 39.7 Å². The first-order valence-corrected chi connectivity index (χ1v) is 6.35. The van der Waals surface area contributed by atoms with E-state index in [2.05, 4.69) is 39.8 Å². The molecule has 2 heteroatoms. The van der Waals surface area contributed by atoms with Crippen molar-refractivity contribution >= 4 is 0 Å². The Morgan fingerprint density at radius 3 is 2.12 bits per heavy atom. The van der Waals surface area contributed by atoms with Crippen LogP contribution in [0.4, 0.5) is 0 Å². The zero-order valence-electron chi connectivity index (χ0n) is 11.5. The summed E-state index contributed by atoms with van der Waals surface area (Å²) < 4.78 is 11.0. The van der Waals surface area contributed by atoms with Gasteiger partial charge >= 0.3 is 0 Å². The maximum atomic E-state index is 5.60. The van der Waals surface area contributed by atoms with Crippen LogP contribution in [-0.4, -0.2) is 19.8 Å². The van der Waals surface area contributed by atoms with Crippen LogP contribution < -0.4 is 4.74 Å². The van der Waals surface area contributed by atoms with Gasteiger partial charge in [0.1, 0.15) is 12.4 Å². The van der Waals surface area contributed by atoms with Gasteiger partial charge in [-0.2, -0.15) is 0 Å². The number of ether oxygens (including phenoxy) is 2. The molecule has 96 valence electrons. The van der Waals surface area contributed by atoms with Crippen LogP contribution in [0.3, 0.4) is 0 Å². The molecular formula is C15H24O2. The van der Waals surface area contributed by atoms with E-state index in [0.717, 1.165) is 18.8 Å². The molecular weight excluding hydrogens is 212 g/mol. The molecule has 0 atom stereocenters. The average Bonchev–Trinajstić information content (AvgIpc) is 2.28. The zero-order chi connectivity index (χ0) is 12.7. The first-order valence-electron chi connectivity index (χ1n) is 6.35. The fourth-order valence-electron chi connectivity index (χ4n) is 1.52. The van der Waals surface area contributed by atoms with E-state index in [9.17, 15) is 0 Å². The maximum Gasteiger partial charge on any atom is 0.119 e. The maximum absolute atomic E-state index is 5.60. The summed E-state index contributed by atoms with van der Waals surface area (Å²) in [4.78, 5) is 0. The fraction of sp³-hybridized carbons (Fsp3) is 0.600. The molecule has 0 aromatic heterocycles. The Bertz CT molecular complexity index is 309. The van der Waals surface area contributed by atoms with Crippen LogP contribution in [0.15, 0.2) is 24.3 Å². The SMILES string of the molecule is CCCOCCOc1ccc(C(C)(C)C)cc1. The highest BCUT2D eigenvalue weighted by Gasteiger charge is 2.12. The molecule has 1 rings (SSSR count). The number of hydrogen-bond acceptors (Lipinski definition) is 2.